The fraction of sp³-hybridized carbons (Fsp3) is 0. The third-order valence-corrected chi connectivity index (χ3v) is 4.17. The summed E-state index contributed by atoms with van der Waals surface area (Å²) in [5.41, 5.74) is 5.00. The van der Waals surface area contributed by atoms with E-state index < -0.39 is 0 Å². The lowest BCUT2D eigenvalue weighted by Gasteiger charge is -1.98. The van der Waals surface area contributed by atoms with Crippen LogP contribution in [0.15, 0.2) is 133 Å². The molecule has 0 aliphatic rings. The topological polar surface area (TPSA) is 0 Å². The van der Waals surface area contributed by atoms with Gasteiger partial charge in [0.25, 0.3) is 0 Å². The summed E-state index contributed by atoms with van der Waals surface area (Å²) in [6, 6.07) is 41.4. The maximum Gasteiger partial charge on any atom is -0.0184 e. The number of allylic oxidation sites excluding steroid dienone is 2. The Morgan fingerprint density at radius 3 is 0.929 bits per heavy atom. The highest BCUT2D eigenvalue weighted by Gasteiger charge is 1.91. The average Bonchev–Trinajstić information content (AvgIpc) is 2.80. The van der Waals surface area contributed by atoms with Crippen LogP contribution in [-0.4, -0.2) is 0 Å². The van der Waals surface area contributed by atoms with E-state index in [1.165, 1.54) is 22.3 Å². The molecule has 0 unspecified atom stereocenters. The van der Waals surface area contributed by atoms with Crippen LogP contribution in [0.1, 0.15) is 11.1 Å². The molecule has 0 aliphatic heterocycles. The van der Waals surface area contributed by atoms with Crippen molar-refractivity contribution in [2.45, 2.75) is 0 Å². The van der Waals surface area contributed by atoms with Crippen LogP contribution in [0.4, 0.5) is 0 Å². The van der Waals surface area contributed by atoms with Gasteiger partial charge in [-0.25, -0.2) is 0 Å². The minimum Gasteiger partial charge on any atom is -0.0622 e. The number of hydrogen-bond acceptors (Lipinski definition) is 0. The molecule has 0 N–H and O–H groups in total. The third-order valence-electron chi connectivity index (χ3n) is 4.17. The van der Waals surface area contributed by atoms with Gasteiger partial charge in [0.1, 0.15) is 0 Å². The summed E-state index contributed by atoms with van der Waals surface area (Å²) >= 11 is 0. The lowest BCUT2D eigenvalue weighted by atomic mass is 10.1. The molecule has 0 radical (unpaired) electrons. The van der Waals surface area contributed by atoms with E-state index in [9.17, 15) is 0 Å². The Morgan fingerprint density at radius 2 is 0.607 bits per heavy atom. The molecule has 0 aliphatic carbocycles. The molecular weight excluding hydrogens is 336 g/mol. The zero-order chi connectivity index (χ0) is 19.3. The van der Waals surface area contributed by atoms with Gasteiger partial charge in [-0.15, -0.1) is 0 Å². The predicted octanol–water partition coefficient (Wildman–Crippen LogP) is 7.77. The second-order valence-corrected chi connectivity index (χ2v) is 6.27. The van der Waals surface area contributed by atoms with Gasteiger partial charge in [-0.2, -0.15) is 0 Å². The van der Waals surface area contributed by atoms with E-state index in [0.717, 1.165) is 0 Å². The van der Waals surface area contributed by atoms with Crippen molar-refractivity contribution in [2.24, 2.45) is 0 Å². The molecule has 28 heavy (non-hydrogen) atoms. The van der Waals surface area contributed by atoms with E-state index in [-0.39, 0.29) is 0 Å². The summed E-state index contributed by atoms with van der Waals surface area (Å²) in [4.78, 5) is 0. The highest BCUT2D eigenvalue weighted by atomic mass is 14.0. The van der Waals surface area contributed by atoms with E-state index in [4.69, 9.17) is 0 Å². The molecule has 4 rings (SSSR count). The molecule has 0 saturated heterocycles. The van der Waals surface area contributed by atoms with Crippen LogP contribution in [0.2, 0.25) is 0 Å². The lowest BCUT2D eigenvalue weighted by Crippen LogP contribution is -1.73. The Kier molecular flexibility index (Phi) is 7.62. The first-order valence-corrected chi connectivity index (χ1v) is 9.47. The Hall–Kier alpha value is -3.64. The van der Waals surface area contributed by atoms with Crippen molar-refractivity contribution in [3.63, 3.8) is 0 Å². The molecule has 0 nitrogen and oxygen atoms in total. The van der Waals surface area contributed by atoms with Crippen molar-refractivity contribution in [1.29, 1.82) is 0 Å². The average molecular weight is 361 g/mol. The van der Waals surface area contributed by atoms with Crippen molar-refractivity contribution in [3.05, 3.63) is 145 Å². The molecular formula is C28H24. The summed E-state index contributed by atoms with van der Waals surface area (Å²) < 4.78 is 0. The van der Waals surface area contributed by atoms with Crippen molar-refractivity contribution in [2.75, 3.05) is 0 Å². The van der Waals surface area contributed by atoms with E-state index in [0.29, 0.717) is 0 Å². The van der Waals surface area contributed by atoms with Crippen LogP contribution < -0.4 is 0 Å². The molecule has 0 spiro atoms. The van der Waals surface area contributed by atoms with Crippen LogP contribution in [0.25, 0.3) is 23.3 Å². The van der Waals surface area contributed by atoms with Crippen LogP contribution in [0.3, 0.4) is 0 Å². The zero-order valence-electron chi connectivity index (χ0n) is 15.9. The molecule has 0 saturated carbocycles. The van der Waals surface area contributed by atoms with Crippen LogP contribution in [0, 0.1) is 0 Å². The maximum atomic E-state index is 2.12. The molecule has 0 heterocycles. The van der Waals surface area contributed by atoms with Gasteiger partial charge < -0.3 is 0 Å². The van der Waals surface area contributed by atoms with Crippen LogP contribution >= 0.6 is 0 Å². The fourth-order valence-corrected chi connectivity index (χ4v) is 2.72. The molecule has 0 aromatic heterocycles. The zero-order valence-corrected chi connectivity index (χ0v) is 15.9. The molecule has 4 aromatic carbocycles. The van der Waals surface area contributed by atoms with E-state index >= 15 is 0 Å². The van der Waals surface area contributed by atoms with Gasteiger partial charge in [0, 0.05) is 0 Å². The van der Waals surface area contributed by atoms with Gasteiger partial charge in [0.2, 0.25) is 0 Å². The Labute approximate surface area is 168 Å². The first-order chi connectivity index (χ1) is 13.9. The van der Waals surface area contributed by atoms with Gasteiger partial charge in [-0.1, -0.05) is 146 Å². The quantitative estimate of drug-likeness (QED) is 0.326. The Morgan fingerprint density at radius 1 is 0.321 bits per heavy atom. The second kappa shape index (κ2) is 11.2. The predicted molar refractivity (Wildman–Crippen MR) is 123 cm³/mol. The van der Waals surface area contributed by atoms with Crippen molar-refractivity contribution in [3.8, 4) is 11.1 Å². The third kappa shape index (κ3) is 6.59. The fourth-order valence-electron chi connectivity index (χ4n) is 2.72. The van der Waals surface area contributed by atoms with Gasteiger partial charge in [-0.05, 0) is 22.3 Å². The van der Waals surface area contributed by atoms with Crippen molar-refractivity contribution in [1.82, 2.24) is 0 Å². The number of hydrogen-bond donors (Lipinski definition) is 0. The monoisotopic (exact) mass is 360 g/mol. The first kappa shape index (κ1) is 19.1. The largest absolute Gasteiger partial charge is 0.0622 e. The minimum atomic E-state index is 1.22. The summed E-state index contributed by atoms with van der Waals surface area (Å²) in [5, 5.41) is 0. The smallest absolute Gasteiger partial charge is 0.0184 e. The van der Waals surface area contributed by atoms with E-state index in [2.05, 4.69) is 97.1 Å². The van der Waals surface area contributed by atoms with Gasteiger partial charge >= 0.3 is 0 Å². The van der Waals surface area contributed by atoms with Crippen molar-refractivity contribution < 1.29 is 0 Å². The highest BCUT2D eigenvalue weighted by Crippen LogP contribution is 2.17. The molecule has 0 bridgehead atoms. The molecule has 136 valence electrons. The van der Waals surface area contributed by atoms with Gasteiger partial charge in [-0.3, -0.25) is 0 Å². The number of rotatable bonds is 4. The Bertz CT molecular complexity index is 882. The highest BCUT2D eigenvalue weighted by molar-refractivity contribution is 5.62. The molecule has 4 aromatic rings. The second-order valence-electron chi connectivity index (χ2n) is 6.27. The Balaban J connectivity index is 0.000000167. The summed E-state index contributed by atoms with van der Waals surface area (Å²) in [6.45, 7) is 0. The van der Waals surface area contributed by atoms with Crippen molar-refractivity contribution >= 4 is 12.2 Å². The molecule has 0 amide bonds. The maximum absolute atomic E-state index is 2.12. The minimum absolute atomic E-state index is 1.22. The standard InChI is InChI=1S/C16H14.C12H10/c1-3-9-15(10-4-1)13-7-8-14-16-11-5-2-6-12-16;1-3-7-11(8-4-1)12-9-5-2-6-10-12/h1-14H;1-10H/b13-7+,14-8+;. The first-order valence-electron chi connectivity index (χ1n) is 9.47. The van der Waals surface area contributed by atoms with E-state index in [1.54, 1.807) is 0 Å². The summed E-state index contributed by atoms with van der Waals surface area (Å²) in [5.74, 6) is 0. The molecule has 0 heteroatoms. The summed E-state index contributed by atoms with van der Waals surface area (Å²) in [6.07, 6.45) is 8.31. The molecule has 0 fully saturated rings. The molecule has 0 atom stereocenters. The van der Waals surface area contributed by atoms with Crippen LogP contribution in [-0.2, 0) is 0 Å². The number of benzene rings is 4. The van der Waals surface area contributed by atoms with Gasteiger partial charge in [0.05, 0.1) is 0 Å². The SMILES string of the molecule is C(/C=C/c1ccccc1)=C\c1ccccc1.c1ccc(-c2ccccc2)cc1. The normalized spacial score (nSPS) is 10.6. The van der Waals surface area contributed by atoms with E-state index in [1.807, 2.05) is 48.5 Å². The lowest BCUT2D eigenvalue weighted by molar-refractivity contribution is 1.62. The summed E-state index contributed by atoms with van der Waals surface area (Å²) in [7, 11) is 0. The van der Waals surface area contributed by atoms with Crippen LogP contribution in [0.5, 0.6) is 0 Å². The van der Waals surface area contributed by atoms with Gasteiger partial charge in [0.15, 0.2) is 0 Å².